The SMILES string of the molecule is Cc1ccc(F)c(C(O)Cc2ccc(F)cc2Br)c1F. The fourth-order valence-electron chi connectivity index (χ4n) is 1.98. The van der Waals surface area contributed by atoms with Crippen molar-refractivity contribution in [3.05, 3.63) is 68.9 Å². The van der Waals surface area contributed by atoms with Gasteiger partial charge in [-0.15, -0.1) is 0 Å². The molecule has 1 nitrogen and oxygen atoms in total. The summed E-state index contributed by atoms with van der Waals surface area (Å²) in [5.41, 5.74) is 0.471. The Hall–Kier alpha value is -1.33. The molecule has 20 heavy (non-hydrogen) atoms. The number of benzene rings is 2. The molecule has 0 fully saturated rings. The molecular formula is C15H12BrF3O. The van der Waals surface area contributed by atoms with Crippen LogP contribution >= 0.6 is 15.9 Å². The Morgan fingerprint density at radius 3 is 2.50 bits per heavy atom. The van der Waals surface area contributed by atoms with Crippen molar-refractivity contribution in [3.8, 4) is 0 Å². The van der Waals surface area contributed by atoms with Crippen molar-refractivity contribution in [2.75, 3.05) is 0 Å². The summed E-state index contributed by atoms with van der Waals surface area (Å²) < 4.78 is 41.0. The van der Waals surface area contributed by atoms with Crippen LogP contribution < -0.4 is 0 Å². The van der Waals surface area contributed by atoms with Gasteiger partial charge in [0.05, 0.1) is 11.7 Å². The topological polar surface area (TPSA) is 20.2 Å². The first kappa shape index (κ1) is 15.1. The molecule has 0 aliphatic heterocycles. The second kappa shape index (κ2) is 5.97. The van der Waals surface area contributed by atoms with Gasteiger partial charge in [-0.05, 0) is 36.2 Å². The first-order valence-corrected chi connectivity index (χ1v) is 6.76. The van der Waals surface area contributed by atoms with E-state index in [0.29, 0.717) is 10.0 Å². The van der Waals surface area contributed by atoms with Crippen molar-refractivity contribution in [2.45, 2.75) is 19.4 Å². The van der Waals surface area contributed by atoms with E-state index in [-0.39, 0.29) is 17.5 Å². The molecule has 0 saturated heterocycles. The third kappa shape index (κ3) is 3.04. The fraction of sp³-hybridized carbons (Fsp3) is 0.200. The van der Waals surface area contributed by atoms with Gasteiger partial charge < -0.3 is 5.11 Å². The minimum atomic E-state index is -1.34. The number of aryl methyl sites for hydroxylation is 1. The molecule has 0 aliphatic carbocycles. The molecule has 0 radical (unpaired) electrons. The molecular weight excluding hydrogens is 333 g/mol. The highest BCUT2D eigenvalue weighted by atomic mass is 79.9. The molecule has 5 heteroatoms. The molecule has 0 aromatic heterocycles. The second-order valence-corrected chi connectivity index (χ2v) is 5.40. The summed E-state index contributed by atoms with van der Waals surface area (Å²) in [5.74, 6) is -1.97. The molecule has 0 bridgehead atoms. The summed E-state index contributed by atoms with van der Waals surface area (Å²) in [7, 11) is 0. The van der Waals surface area contributed by atoms with E-state index in [1.54, 1.807) is 0 Å². The van der Waals surface area contributed by atoms with E-state index in [1.807, 2.05) is 0 Å². The Morgan fingerprint density at radius 1 is 1.15 bits per heavy atom. The second-order valence-electron chi connectivity index (χ2n) is 4.55. The maximum atomic E-state index is 13.9. The van der Waals surface area contributed by atoms with Gasteiger partial charge in [0, 0.05) is 10.9 Å². The summed E-state index contributed by atoms with van der Waals surface area (Å²) in [6.07, 6.45) is -1.35. The third-order valence-electron chi connectivity index (χ3n) is 3.08. The first-order valence-electron chi connectivity index (χ1n) is 5.96. The van der Waals surface area contributed by atoms with Gasteiger partial charge >= 0.3 is 0 Å². The molecule has 0 spiro atoms. The van der Waals surface area contributed by atoms with Gasteiger partial charge in [-0.25, -0.2) is 13.2 Å². The van der Waals surface area contributed by atoms with E-state index in [1.165, 1.54) is 31.2 Å². The van der Waals surface area contributed by atoms with E-state index in [0.717, 1.165) is 6.07 Å². The zero-order chi connectivity index (χ0) is 14.9. The van der Waals surface area contributed by atoms with Gasteiger partial charge in [-0.3, -0.25) is 0 Å². The summed E-state index contributed by atoms with van der Waals surface area (Å²) in [4.78, 5) is 0. The largest absolute Gasteiger partial charge is 0.388 e. The van der Waals surface area contributed by atoms with Crippen LogP contribution in [0.15, 0.2) is 34.8 Å². The van der Waals surface area contributed by atoms with E-state index >= 15 is 0 Å². The minimum absolute atomic E-state index is 0.0157. The molecule has 1 atom stereocenters. The Bertz CT molecular complexity index is 643. The lowest BCUT2D eigenvalue weighted by atomic mass is 9.98. The lowest BCUT2D eigenvalue weighted by Gasteiger charge is -2.15. The fourth-order valence-corrected chi connectivity index (χ4v) is 2.49. The number of aliphatic hydroxyl groups excluding tert-OH is 1. The van der Waals surface area contributed by atoms with Gasteiger partial charge in [-0.1, -0.05) is 28.1 Å². The molecule has 0 heterocycles. The Labute approximate surface area is 123 Å². The van der Waals surface area contributed by atoms with Crippen LogP contribution in [0.25, 0.3) is 0 Å². The molecule has 2 aromatic carbocycles. The lowest BCUT2D eigenvalue weighted by Crippen LogP contribution is -2.09. The predicted octanol–water partition coefficient (Wildman–Crippen LogP) is 4.45. The number of hydrogen-bond acceptors (Lipinski definition) is 1. The monoisotopic (exact) mass is 344 g/mol. The standard InChI is InChI=1S/C15H12BrF3O/c1-8-2-5-12(18)14(15(8)19)13(20)6-9-3-4-10(17)7-11(9)16/h2-5,7,13,20H,6H2,1H3. The van der Waals surface area contributed by atoms with Crippen molar-refractivity contribution in [1.29, 1.82) is 0 Å². The molecule has 106 valence electrons. The van der Waals surface area contributed by atoms with Gasteiger partial charge in [0.2, 0.25) is 0 Å². The Kier molecular flexibility index (Phi) is 4.50. The maximum absolute atomic E-state index is 13.9. The van der Waals surface area contributed by atoms with Gasteiger partial charge in [-0.2, -0.15) is 0 Å². The third-order valence-corrected chi connectivity index (χ3v) is 3.82. The minimum Gasteiger partial charge on any atom is -0.388 e. The van der Waals surface area contributed by atoms with Crippen LogP contribution in [0.1, 0.15) is 22.8 Å². The van der Waals surface area contributed by atoms with Crippen LogP contribution in [0.5, 0.6) is 0 Å². The Morgan fingerprint density at radius 2 is 1.85 bits per heavy atom. The summed E-state index contributed by atoms with van der Waals surface area (Å²) in [6, 6.07) is 6.38. The van der Waals surface area contributed by atoms with Crippen LogP contribution in [0.3, 0.4) is 0 Å². The first-order chi connectivity index (χ1) is 9.40. The molecule has 1 unspecified atom stereocenters. The molecule has 2 rings (SSSR count). The lowest BCUT2D eigenvalue weighted by molar-refractivity contribution is 0.168. The molecule has 0 aliphatic rings. The van der Waals surface area contributed by atoms with Crippen LogP contribution in [0.2, 0.25) is 0 Å². The molecule has 1 N–H and O–H groups in total. The number of halogens is 4. The van der Waals surface area contributed by atoms with Crippen LogP contribution in [-0.4, -0.2) is 5.11 Å². The Balaban J connectivity index is 2.33. The summed E-state index contributed by atoms with van der Waals surface area (Å²) in [6.45, 7) is 1.50. The van der Waals surface area contributed by atoms with Gasteiger partial charge in [0.15, 0.2) is 0 Å². The van der Waals surface area contributed by atoms with Crippen molar-refractivity contribution >= 4 is 15.9 Å². The average Bonchev–Trinajstić information content (AvgIpc) is 2.38. The highest BCUT2D eigenvalue weighted by Crippen LogP contribution is 2.28. The van der Waals surface area contributed by atoms with Gasteiger partial charge in [0.25, 0.3) is 0 Å². The molecule has 2 aromatic rings. The van der Waals surface area contributed by atoms with E-state index in [9.17, 15) is 18.3 Å². The van der Waals surface area contributed by atoms with E-state index < -0.39 is 23.6 Å². The molecule has 0 amide bonds. The van der Waals surface area contributed by atoms with Crippen molar-refractivity contribution in [1.82, 2.24) is 0 Å². The summed E-state index contributed by atoms with van der Waals surface area (Å²) >= 11 is 3.16. The highest BCUT2D eigenvalue weighted by molar-refractivity contribution is 9.10. The summed E-state index contributed by atoms with van der Waals surface area (Å²) in [5, 5.41) is 10.1. The quantitative estimate of drug-likeness (QED) is 0.871. The highest BCUT2D eigenvalue weighted by Gasteiger charge is 2.20. The van der Waals surface area contributed by atoms with Crippen molar-refractivity contribution < 1.29 is 18.3 Å². The van der Waals surface area contributed by atoms with Crippen LogP contribution in [-0.2, 0) is 6.42 Å². The average molecular weight is 345 g/mol. The van der Waals surface area contributed by atoms with Gasteiger partial charge in [0.1, 0.15) is 17.5 Å². The van der Waals surface area contributed by atoms with Crippen LogP contribution in [0.4, 0.5) is 13.2 Å². The van der Waals surface area contributed by atoms with Crippen LogP contribution in [0, 0.1) is 24.4 Å². The predicted molar refractivity (Wildman–Crippen MR) is 73.9 cm³/mol. The van der Waals surface area contributed by atoms with Crippen molar-refractivity contribution in [2.24, 2.45) is 0 Å². The van der Waals surface area contributed by atoms with E-state index in [2.05, 4.69) is 15.9 Å². The van der Waals surface area contributed by atoms with Crippen molar-refractivity contribution in [3.63, 3.8) is 0 Å². The zero-order valence-electron chi connectivity index (χ0n) is 10.6. The van der Waals surface area contributed by atoms with E-state index in [4.69, 9.17) is 0 Å². The molecule has 0 saturated carbocycles. The smallest absolute Gasteiger partial charge is 0.134 e. The normalized spacial score (nSPS) is 12.5. The number of rotatable bonds is 3. The number of aliphatic hydroxyl groups is 1. The number of hydrogen-bond donors (Lipinski definition) is 1. The maximum Gasteiger partial charge on any atom is 0.134 e. The zero-order valence-corrected chi connectivity index (χ0v) is 12.2.